The number of fused-ring (bicyclic) bond motifs is 1. The molecule has 31 heavy (non-hydrogen) atoms. The summed E-state index contributed by atoms with van der Waals surface area (Å²) in [6.45, 7) is 5.46. The third-order valence-electron chi connectivity index (χ3n) is 5.77. The molecule has 0 saturated heterocycles. The minimum atomic E-state index is -0.276. The first-order valence-corrected chi connectivity index (χ1v) is 10.7. The standard InChI is InChI=1S/C27H27FN2O/c1-3-30-18-25(23-9-4-5-10-26(23)30)24(21-8-6-7-19(2)15-21)16-27(31)29-17-20-11-13-22(28)14-12-20/h4-15,18,24H,3,16-17H2,1-2H3,(H,29,31)/t24-/m1/s1. The van der Waals surface area contributed by atoms with Crippen molar-refractivity contribution >= 4 is 16.8 Å². The van der Waals surface area contributed by atoms with E-state index in [1.807, 2.05) is 12.1 Å². The van der Waals surface area contributed by atoms with Crippen molar-refractivity contribution in [3.63, 3.8) is 0 Å². The average molecular weight is 415 g/mol. The van der Waals surface area contributed by atoms with E-state index in [4.69, 9.17) is 0 Å². The molecule has 1 N–H and O–H groups in total. The van der Waals surface area contributed by atoms with Gasteiger partial charge in [-0.1, -0.05) is 60.2 Å². The number of amides is 1. The molecule has 0 aliphatic rings. The molecule has 0 aliphatic heterocycles. The second-order valence-electron chi connectivity index (χ2n) is 7.96. The van der Waals surface area contributed by atoms with Gasteiger partial charge in [-0.2, -0.15) is 0 Å². The highest BCUT2D eigenvalue weighted by atomic mass is 19.1. The van der Waals surface area contributed by atoms with Gasteiger partial charge in [-0.15, -0.1) is 0 Å². The van der Waals surface area contributed by atoms with Crippen LogP contribution >= 0.6 is 0 Å². The summed E-state index contributed by atoms with van der Waals surface area (Å²) in [5, 5.41) is 4.19. The molecule has 0 radical (unpaired) electrons. The number of nitrogens with zero attached hydrogens (tertiary/aromatic N) is 1. The van der Waals surface area contributed by atoms with Crippen LogP contribution in [0.1, 0.15) is 41.5 Å². The summed E-state index contributed by atoms with van der Waals surface area (Å²) < 4.78 is 15.4. The van der Waals surface area contributed by atoms with Gasteiger partial charge < -0.3 is 9.88 Å². The Morgan fingerprint density at radius 1 is 1.03 bits per heavy atom. The van der Waals surface area contributed by atoms with Crippen molar-refractivity contribution in [1.82, 2.24) is 9.88 Å². The van der Waals surface area contributed by atoms with E-state index < -0.39 is 0 Å². The quantitative estimate of drug-likeness (QED) is 0.398. The molecule has 4 rings (SSSR count). The first-order chi connectivity index (χ1) is 15.0. The topological polar surface area (TPSA) is 34.0 Å². The first-order valence-electron chi connectivity index (χ1n) is 10.7. The first kappa shape index (κ1) is 20.9. The normalized spacial score (nSPS) is 12.1. The predicted octanol–water partition coefficient (Wildman–Crippen LogP) is 5.95. The van der Waals surface area contributed by atoms with E-state index in [0.29, 0.717) is 13.0 Å². The molecule has 3 aromatic carbocycles. The molecular formula is C27H27FN2O. The van der Waals surface area contributed by atoms with E-state index in [1.165, 1.54) is 34.2 Å². The van der Waals surface area contributed by atoms with E-state index in [-0.39, 0.29) is 17.6 Å². The Morgan fingerprint density at radius 2 is 1.81 bits per heavy atom. The minimum absolute atomic E-state index is 0.0239. The third kappa shape index (κ3) is 4.69. The van der Waals surface area contributed by atoms with Gasteiger partial charge in [0.2, 0.25) is 5.91 Å². The van der Waals surface area contributed by atoms with Crippen LogP contribution in [0.4, 0.5) is 4.39 Å². The van der Waals surface area contributed by atoms with Crippen LogP contribution in [0.5, 0.6) is 0 Å². The van der Waals surface area contributed by atoms with Crippen LogP contribution in [0, 0.1) is 12.7 Å². The monoisotopic (exact) mass is 414 g/mol. The maximum atomic E-state index is 13.1. The summed E-state index contributed by atoms with van der Waals surface area (Å²) in [7, 11) is 0. The number of rotatable bonds is 7. The SMILES string of the molecule is CCn1cc([C@H](CC(=O)NCc2ccc(F)cc2)c2cccc(C)c2)c2ccccc21. The van der Waals surface area contributed by atoms with Gasteiger partial charge in [0.15, 0.2) is 0 Å². The fourth-order valence-electron chi connectivity index (χ4n) is 4.17. The minimum Gasteiger partial charge on any atom is -0.352 e. The molecule has 0 fully saturated rings. The molecule has 1 atom stereocenters. The van der Waals surface area contributed by atoms with Gasteiger partial charge in [0, 0.05) is 42.5 Å². The van der Waals surface area contributed by atoms with Gasteiger partial charge in [-0.25, -0.2) is 4.39 Å². The molecular weight excluding hydrogens is 387 g/mol. The Bertz CT molecular complexity index is 1190. The summed E-state index contributed by atoms with van der Waals surface area (Å²) in [6, 6.07) is 23.0. The van der Waals surface area contributed by atoms with Crippen molar-refractivity contribution in [2.45, 2.75) is 39.3 Å². The maximum Gasteiger partial charge on any atom is 0.221 e. The van der Waals surface area contributed by atoms with E-state index >= 15 is 0 Å². The van der Waals surface area contributed by atoms with Crippen LogP contribution in [0.3, 0.4) is 0 Å². The van der Waals surface area contributed by atoms with Crippen LogP contribution < -0.4 is 5.32 Å². The van der Waals surface area contributed by atoms with E-state index in [2.05, 4.69) is 66.3 Å². The molecule has 3 nitrogen and oxygen atoms in total. The Balaban J connectivity index is 1.64. The van der Waals surface area contributed by atoms with Crippen LogP contribution in [-0.4, -0.2) is 10.5 Å². The number of aryl methyl sites for hydroxylation is 2. The fourth-order valence-corrected chi connectivity index (χ4v) is 4.17. The zero-order valence-corrected chi connectivity index (χ0v) is 17.9. The average Bonchev–Trinajstić information content (AvgIpc) is 3.16. The number of carbonyl (C=O) groups excluding carboxylic acids is 1. The van der Waals surface area contributed by atoms with Crippen molar-refractivity contribution in [3.05, 3.63) is 107 Å². The van der Waals surface area contributed by atoms with E-state index in [9.17, 15) is 9.18 Å². The van der Waals surface area contributed by atoms with Gasteiger partial charge in [-0.3, -0.25) is 4.79 Å². The number of hydrogen-bond donors (Lipinski definition) is 1. The van der Waals surface area contributed by atoms with Gasteiger partial charge in [0.1, 0.15) is 5.82 Å². The maximum absolute atomic E-state index is 13.1. The number of para-hydroxylation sites is 1. The number of carbonyl (C=O) groups is 1. The Hall–Kier alpha value is -3.40. The van der Waals surface area contributed by atoms with Gasteiger partial charge >= 0.3 is 0 Å². The molecule has 0 unspecified atom stereocenters. The van der Waals surface area contributed by atoms with Crippen molar-refractivity contribution in [3.8, 4) is 0 Å². The molecule has 158 valence electrons. The molecule has 1 amide bonds. The zero-order valence-electron chi connectivity index (χ0n) is 17.9. The van der Waals surface area contributed by atoms with Crippen LogP contribution in [0.25, 0.3) is 10.9 Å². The summed E-state index contributed by atoms with van der Waals surface area (Å²) in [5.41, 5.74) is 5.54. The summed E-state index contributed by atoms with van der Waals surface area (Å²) in [5.74, 6) is -0.350. The van der Waals surface area contributed by atoms with Crippen molar-refractivity contribution in [2.24, 2.45) is 0 Å². The predicted molar refractivity (Wildman–Crippen MR) is 123 cm³/mol. The smallest absolute Gasteiger partial charge is 0.221 e. The number of hydrogen-bond acceptors (Lipinski definition) is 1. The largest absolute Gasteiger partial charge is 0.352 e. The molecule has 4 heteroatoms. The molecule has 1 heterocycles. The lowest BCUT2D eigenvalue weighted by Gasteiger charge is -2.18. The molecule has 0 saturated carbocycles. The summed E-state index contributed by atoms with van der Waals surface area (Å²) >= 11 is 0. The second kappa shape index (κ2) is 9.17. The molecule has 0 spiro atoms. The fraction of sp³-hybridized carbons (Fsp3) is 0.222. The van der Waals surface area contributed by atoms with Crippen molar-refractivity contribution in [1.29, 1.82) is 0 Å². The van der Waals surface area contributed by atoms with Crippen molar-refractivity contribution in [2.75, 3.05) is 0 Å². The molecule has 0 bridgehead atoms. The molecule has 1 aromatic heterocycles. The number of nitrogens with one attached hydrogen (secondary N) is 1. The van der Waals surface area contributed by atoms with Gasteiger partial charge in [-0.05, 0) is 48.7 Å². The molecule has 4 aromatic rings. The zero-order chi connectivity index (χ0) is 21.8. The van der Waals surface area contributed by atoms with Gasteiger partial charge in [0.25, 0.3) is 0 Å². The summed E-state index contributed by atoms with van der Waals surface area (Å²) in [6.07, 6.45) is 2.54. The van der Waals surface area contributed by atoms with Crippen LogP contribution in [-0.2, 0) is 17.9 Å². The third-order valence-corrected chi connectivity index (χ3v) is 5.77. The lowest BCUT2D eigenvalue weighted by molar-refractivity contribution is -0.121. The van der Waals surface area contributed by atoms with E-state index in [0.717, 1.165) is 17.7 Å². The number of benzene rings is 3. The highest BCUT2D eigenvalue weighted by Gasteiger charge is 2.22. The van der Waals surface area contributed by atoms with E-state index in [1.54, 1.807) is 12.1 Å². The molecule has 0 aliphatic carbocycles. The van der Waals surface area contributed by atoms with Crippen molar-refractivity contribution < 1.29 is 9.18 Å². The number of halogens is 1. The van der Waals surface area contributed by atoms with Crippen LogP contribution in [0.2, 0.25) is 0 Å². The number of aromatic nitrogens is 1. The highest BCUT2D eigenvalue weighted by molar-refractivity contribution is 5.86. The second-order valence-corrected chi connectivity index (χ2v) is 7.96. The Kier molecular flexibility index (Phi) is 6.17. The lowest BCUT2D eigenvalue weighted by Crippen LogP contribution is -2.25. The Morgan fingerprint density at radius 3 is 2.55 bits per heavy atom. The lowest BCUT2D eigenvalue weighted by atomic mass is 9.87. The Labute approximate surface area is 182 Å². The van der Waals surface area contributed by atoms with Crippen LogP contribution in [0.15, 0.2) is 79.0 Å². The highest BCUT2D eigenvalue weighted by Crippen LogP contribution is 2.35. The van der Waals surface area contributed by atoms with Gasteiger partial charge in [0.05, 0.1) is 0 Å². The summed E-state index contributed by atoms with van der Waals surface area (Å²) in [4.78, 5) is 12.9.